The van der Waals surface area contributed by atoms with Crippen LogP contribution in [0.3, 0.4) is 0 Å². The maximum Gasteiger partial charge on any atom is 0.0468 e. The van der Waals surface area contributed by atoms with Gasteiger partial charge in [-0.15, -0.1) is 11.3 Å². The number of fused-ring (bicyclic) bond motifs is 8. The van der Waals surface area contributed by atoms with Gasteiger partial charge in [-0.25, -0.2) is 0 Å². The van der Waals surface area contributed by atoms with Crippen LogP contribution in [0.15, 0.2) is 188 Å². The summed E-state index contributed by atoms with van der Waals surface area (Å²) in [7, 11) is 0. The zero-order valence-corrected chi connectivity index (χ0v) is 31.6. The topological polar surface area (TPSA) is 3.24 Å². The number of benzene rings is 9. The number of hydrogen-bond acceptors (Lipinski definition) is 2. The van der Waals surface area contributed by atoms with E-state index in [1.54, 1.807) is 0 Å². The fourth-order valence-electron chi connectivity index (χ4n) is 8.97. The first-order valence-electron chi connectivity index (χ1n) is 19.1. The minimum absolute atomic E-state index is 0.177. The van der Waals surface area contributed by atoms with Crippen molar-refractivity contribution in [1.82, 2.24) is 0 Å². The average Bonchev–Trinajstić information content (AvgIpc) is 3.81. The van der Waals surface area contributed by atoms with Crippen LogP contribution in [0.5, 0.6) is 0 Å². The van der Waals surface area contributed by atoms with Crippen LogP contribution in [0.1, 0.15) is 25.0 Å². The van der Waals surface area contributed by atoms with Crippen molar-refractivity contribution in [3.8, 4) is 32.0 Å². The highest BCUT2D eigenvalue weighted by molar-refractivity contribution is 7.18. The van der Waals surface area contributed by atoms with E-state index in [2.05, 4.69) is 207 Å². The molecule has 0 bridgehead atoms. The Labute approximate surface area is 325 Å². The third kappa shape index (κ3) is 5.13. The summed E-state index contributed by atoms with van der Waals surface area (Å²) in [6, 6.07) is 69.6. The van der Waals surface area contributed by atoms with Crippen molar-refractivity contribution < 1.29 is 0 Å². The molecule has 11 rings (SSSR count). The van der Waals surface area contributed by atoms with Crippen molar-refractivity contribution in [2.24, 2.45) is 0 Å². The summed E-state index contributed by atoms with van der Waals surface area (Å²) < 4.78 is 0. The van der Waals surface area contributed by atoms with Crippen molar-refractivity contribution in [1.29, 1.82) is 0 Å². The molecule has 0 saturated carbocycles. The quantitative estimate of drug-likeness (QED) is 0.171. The van der Waals surface area contributed by atoms with Gasteiger partial charge in [-0.1, -0.05) is 135 Å². The fraction of sp³-hybridized carbons (Fsp3) is 0.0566. The number of thiophene rings is 1. The molecule has 9 aromatic carbocycles. The fourth-order valence-corrected chi connectivity index (χ4v) is 10.0. The highest BCUT2D eigenvalue weighted by atomic mass is 32.1. The van der Waals surface area contributed by atoms with Crippen LogP contribution in [0, 0.1) is 0 Å². The molecule has 0 atom stereocenters. The van der Waals surface area contributed by atoms with Gasteiger partial charge in [0, 0.05) is 32.2 Å². The summed E-state index contributed by atoms with van der Waals surface area (Å²) in [6.07, 6.45) is 0. The lowest BCUT2D eigenvalue weighted by atomic mass is 9.80. The van der Waals surface area contributed by atoms with E-state index < -0.39 is 0 Å². The summed E-state index contributed by atoms with van der Waals surface area (Å²) in [4.78, 5) is 5.02. The molecule has 260 valence electrons. The van der Waals surface area contributed by atoms with Crippen molar-refractivity contribution in [2.75, 3.05) is 4.90 Å². The van der Waals surface area contributed by atoms with Gasteiger partial charge in [-0.2, -0.15) is 0 Å². The summed E-state index contributed by atoms with van der Waals surface area (Å²) in [5, 5.41) is 10.1. The van der Waals surface area contributed by atoms with E-state index in [0.29, 0.717) is 0 Å². The van der Waals surface area contributed by atoms with Crippen molar-refractivity contribution in [3.05, 3.63) is 199 Å². The van der Waals surface area contributed by atoms with Crippen molar-refractivity contribution in [2.45, 2.75) is 19.3 Å². The molecule has 2 heteroatoms. The predicted octanol–water partition coefficient (Wildman–Crippen LogP) is 15.5. The van der Waals surface area contributed by atoms with Gasteiger partial charge in [0.15, 0.2) is 0 Å². The van der Waals surface area contributed by atoms with Crippen LogP contribution in [0.25, 0.3) is 75.1 Å². The lowest BCUT2D eigenvalue weighted by Gasteiger charge is -2.27. The van der Waals surface area contributed by atoms with Gasteiger partial charge in [0.25, 0.3) is 0 Å². The molecule has 10 aromatic rings. The molecule has 0 amide bonds. The van der Waals surface area contributed by atoms with Crippen molar-refractivity contribution in [3.63, 3.8) is 0 Å². The third-order valence-electron chi connectivity index (χ3n) is 11.8. The highest BCUT2D eigenvalue weighted by Crippen LogP contribution is 2.55. The van der Waals surface area contributed by atoms with Gasteiger partial charge in [0.05, 0.1) is 0 Å². The number of rotatable bonds is 5. The first kappa shape index (κ1) is 32.0. The van der Waals surface area contributed by atoms with E-state index in [1.165, 1.54) is 86.2 Å². The molecule has 0 saturated heterocycles. The van der Waals surface area contributed by atoms with Crippen LogP contribution >= 0.6 is 11.3 Å². The SMILES string of the molecule is CC1(C)c2cc3cc(N(c4ccc5ccccc5c4)c4ccc5ccccc5c4)ccc3cc2-c2c1cc(-c1ccc(-c3ccccc3)s1)c1ccccc21. The lowest BCUT2D eigenvalue weighted by Crippen LogP contribution is -2.15. The second kappa shape index (κ2) is 12.3. The molecule has 55 heavy (non-hydrogen) atoms. The molecule has 0 aliphatic heterocycles. The Balaban J connectivity index is 1.07. The molecule has 0 radical (unpaired) electrons. The van der Waals surface area contributed by atoms with Crippen LogP contribution in [-0.2, 0) is 5.41 Å². The van der Waals surface area contributed by atoms with Crippen LogP contribution in [0.2, 0.25) is 0 Å². The van der Waals surface area contributed by atoms with E-state index in [0.717, 1.165) is 17.1 Å². The van der Waals surface area contributed by atoms with Crippen LogP contribution < -0.4 is 4.90 Å². The molecule has 0 unspecified atom stereocenters. The Kier molecular flexibility index (Phi) is 7.14. The standard InChI is InChI=1S/C53H37NS/c1-53(2)48-32-40-30-43(54(41-23-20-34-12-6-8-16-37(34)28-41)42-24-21-35-13-7-9-17-38(35)29-42)25-22-39(40)31-47(48)52-45-19-11-10-18-44(45)46(33-49(52)53)51-27-26-50(55-51)36-14-4-3-5-15-36/h3-33H,1-2H3. The third-order valence-corrected chi connectivity index (χ3v) is 13.0. The summed E-state index contributed by atoms with van der Waals surface area (Å²) in [5.41, 5.74) is 11.3. The number of hydrogen-bond donors (Lipinski definition) is 0. The van der Waals surface area contributed by atoms with E-state index in [4.69, 9.17) is 0 Å². The Bertz CT molecular complexity index is 3050. The summed E-state index contributed by atoms with van der Waals surface area (Å²) in [5.74, 6) is 0. The van der Waals surface area contributed by atoms with Gasteiger partial charge < -0.3 is 4.90 Å². The molecular formula is C53H37NS. The van der Waals surface area contributed by atoms with E-state index in [-0.39, 0.29) is 5.41 Å². The monoisotopic (exact) mass is 719 g/mol. The average molecular weight is 720 g/mol. The summed E-state index contributed by atoms with van der Waals surface area (Å²) >= 11 is 1.88. The smallest absolute Gasteiger partial charge is 0.0468 e. The van der Waals surface area contributed by atoms with Crippen molar-refractivity contribution >= 4 is 71.5 Å². The van der Waals surface area contributed by atoms with E-state index >= 15 is 0 Å². The molecule has 0 spiro atoms. The minimum atomic E-state index is -0.177. The van der Waals surface area contributed by atoms with E-state index in [9.17, 15) is 0 Å². The van der Waals surface area contributed by atoms with Gasteiger partial charge in [0.2, 0.25) is 0 Å². The lowest BCUT2D eigenvalue weighted by molar-refractivity contribution is 0.662. The number of anilines is 3. The largest absolute Gasteiger partial charge is 0.310 e. The molecule has 1 aromatic heterocycles. The second-order valence-electron chi connectivity index (χ2n) is 15.4. The zero-order chi connectivity index (χ0) is 36.7. The minimum Gasteiger partial charge on any atom is -0.310 e. The van der Waals surface area contributed by atoms with Crippen LogP contribution in [-0.4, -0.2) is 0 Å². The highest BCUT2D eigenvalue weighted by Gasteiger charge is 2.37. The first-order chi connectivity index (χ1) is 27.0. The molecule has 1 heterocycles. The Morgan fingerprint density at radius 2 is 0.909 bits per heavy atom. The Morgan fingerprint density at radius 3 is 1.58 bits per heavy atom. The van der Waals surface area contributed by atoms with Crippen LogP contribution in [0.4, 0.5) is 17.1 Å². The maximum atomic E-state index is 2.50. The summed E-state index contributed by atoms with van der Waals surface area (Å²) in [6.45, 7) is 4.82. The first-order valence-corrected chi connectivity index (χ1v) is 19.9. The molecular weight excluding hydrogens is 683 g/mol. The number of nitrogens with zero attached hydrogens (tertiary/aromatic N) is 1. The molecule has 0 N–H and O–H groups in total. The Morgan fingerprint density at radius 1 is 0.382 bits per heavy atom. The predicted molar refractivity (Wildman–Crippen MR) is 237 cm³/mol. The maximum absolute atomic E-state index is 2.50. The van der Waals surface area contributed by atoms with Gasteiger partial charge in [0.1, 0.15) is 0 Å². The van der Waals surface area contributed by atoms with E-state index in [1.807, 2.05) is 11.3 Å². The molecule has 0 fully saturated rings. The second-order valence-corrected chi connectivity index (χ2v) is 16.5. The van der Waals surface area contributed by atoms with Gasteiger partial charge >= 0.3 is 0 Å². The molecule has 1 aliphatic carbocycles. The van der Waals surface area contributed by atoms with Gasteiger partial charge in [-0.05, 0) is 143 Å². The molecule has 1 nitrogen and oxygen atoms in total. The zero-order valence-electron chi connectivity index (χ0n) is 30.8. The van der Waals surface area contributed by atoms with Gasteiger partial charge in [-0.3, -0.25) is 0 Å². The normalized spacial score (nSPS) is 13.1. The molecule has 1 aliphatic rings. The Hall–Kier alpha value is -6.48.